The number of rotatable bonds is 3. The lowest BCUT2D eigenvalue weighted by atomic mass is 10.1. The Balaban J connectivity index is 1.83. The first kappa shape index (κ1) is 15.7. The van der Waals surface area contributed by atoms with Gasteiger partial charge in [0.2, 0.25) is 0 Å². The van der Waals surface area contributed by atoms with E-state index in [1.807, 2.05) is 26.2 Å². The normalized spacial score (nSPS) is 13.4. The highest BCUT2D eigenvalue weighted by atomic mass is 16.5. The van der Waals surface area contributed by atoms with Gasteiger partial charge in [0.05, 0.1) is 17.0 Å². The Labute approximate surface area is 146 Å². The molecule has 4 rings (SSSR count). The molecule has 0 saturated carbocycles. The zero-order chi connectivity index (χ0) is 17.6. The van der Waals surface area contributed by atoms with E-state index in [2.05, 4.69) is 35.0 Å². The number of hydrogen-bond acceptors (Lipinski definition) is 6. The molecule has 0 bridgehead atoms. The predicted molar refractivity (Wildman–Crippen MR) is 95.2 cm³/mol. The molecule has 6 nitrogen and oxygen atoms in total. The van der Waals surface area contributed by atoms with Crippen LogP contribution in [0.4, 0.5) is 5.82 Å². The molecule has 25 heavy (non-hydrogen) atoms. The molecule has 0 amide bonds. The Kier molecular flexibility index (Phi) is 3.75. The Hall–Kier alpha value is -2.76. The van der Waals surface area contributed by atoms with Crippen molar-refractivity contribution in [1.29, 1.82) is 0 Å². The van der Waals surface area contributed by atoms with Crippen molar-refractivity contribution in [2.75, 3.05) is 4.90 Å². The van der Waals surface area contributed by atoms with Crippen molar-refractivity contribution >= 4 is 5.82 Å². The Morgan fingerprint density at radius 1 is 1.12 bits per heavy atom. The molecule has 6 heteroatoms. The molecule has 128 valence electrons. The molecule has 0 atom stereocenters. The second-order valence-electron chi connectivity index (χ2n) is 6.49. The lowest BCUT2D eigenvalue weighted by Crippen LogP contribution is -2.19. The number of aromatic nitrogens is 4. The predicted octanol–water partition coefficient (Wildman–Crippen LogP) is 3.53. The van der Waals surface area contributed by atoms with E-state index in [1.54, 1.807) is 0 Å². The summed E-state index contributed by atoms with van der Waals surface area (Å²) in [6.07, 6.45) is 4.58. The smallest absolute Gasteiger partial charge is 0.143 e. The standard InChI is InChI=1S/C19H21N5O/c1-5-16-21-18(17-12(3)23-25-13(17)4)11(2)19(22-16)24-9-14-6-7-20-8-15(14)10-24/h6-8H,5,9-10H2,1-4H3. The fourth-order valence-corrected chi connectivity index (χ4v) is 3.45. The maximum atomic E-state index is 5.36. The van der Waals surface area contributed by atoms with Crippen LogP contribution in [-0.4, -0.2) is 20.1 Å². The van der Waals surface area contributed by atoms with Crippen LogP contribution in [0.5, 0.6) is 0 Å². The molecule has 0 spiro atoms. The molecule has 0 saturated heterocycles. The number of anilines is 1. The van der Waals surface area contributed by atoms with Gasteiger partial charge in [0, 0.05) is 37.5 Å². The van der Waals surface area contributed by atoms with Crippen LogP contribution >= 0.6 is 0 Å². The summed E-state index contributed by atoms with van der Waals surface area (Å²) in [7, 11) is 0. The van der Waals surface area contributed by atoms with Gasteiger partial charge in [-0.3, -0.25) is 4.98 Å². The van der Waals surface area contributed by atoms with E-state index in [-0.39, 0.29) is 0 Å². The zero-order valence-corrected chi connectivity index (χ0v) is 15.0. The molecule has 3 aromatic rings. The van der Waals surface area contributed by atoms with Crippen molar-refractivity contribution in [3.05, 3.63) is 52.4 Å². The summed E-state index contributed by atoms with van der Waals surface area (Å²) < 4.78 is 5.36. The first-order valence-electron chi connectivity index (χ1n) is 8.56. The third-order valence-corrected chi connectivity index (χ3v) is 4.78. The second-order valence-corrected chi connectivity index (χ2v) is 6.49. The summed E-state index contributed by atoms with van der Waals surface area (Å²) in [4.78, 5) is 16.2. The Morgan fingerprint density at radius 3 is 2.60 bits per heavy atom. The van der Waals surface area contributed by atoms with Crippen molar-refractivity contribution in [2.24, 2.45) is 0 Å². The highest BCUT2D eigenvalue weighted by Gasteiger charge is 2.25. The third-order valence-electron chi connectivity index (χ3n) is 4.78. The van der Waals surface area contributed by atoms with E-state index >= 15 is 0 Å². The van der Waals surface area contributed by atoms with Gasteiger partial charge in [-0.2, -0.15) is 0 Å². The van der Waals surface area contributed by atoms with Crippen LogP contribution < -0.4 is 4.90 Å². The number of pyridine rings is 1. The fraction of sp³-hybridized carbons (Fsp3) is 0.368. The maximum absolute atomic E-state index is 5.36. The molecule has 0 aliphatic carbocycles. The van der Waals surface area contributed by atoms with Gasteiger partial charge in [-0.1, -0.05) is 12.1 Å². The first-order chi connectivity index (χ1) is 12.1. The van der Waals surface area contributed by atoms with Crippen molar-refractivity contribution in [2.45, 2.75) is 47.2 Å². The molecule has 0 N–H and O–H groups in total. The fourth-order valence-electron chi connectivity index (χ4n) is 3.45. The van der Waals surface area contributed by atoms with Crippen LogP contribution in [0.1, 0.15) is 40.9 Å². The minimum absolute atomic E-state index is 0.784. The van der Waals surface area contributed by atoms with Crippen molar-refractivity contribution in [1.82, 2.24) is 20.1 Å². The van der Waals surface area contributed by atoms with Crippen LogP contribution in [0, 0.1) is 20.8 Å². The van der Waals surface area contributed by atoms with Crippen molar-refractivity contribution < 1.29 is 4.52 Å². The molecule has 0 radical (unpaired) electrons. The topological polar surface area (TPSA) is 67.9 Å². The largest absolute Gasteiger partial charge is 0.361 e. The van der Waals surface area contributed by atoms with Gasteiger partial charge in [-0.05, 0) is 38.0 Å². The molecular weight excluding hydrogens is 314 g/mol. The summed E-state index contributed by atoms with van der Waals surface area (Å²) in [5.41, 5.74) is 6.40. The van der Waals surface area contributed by atoms with Gasteiger partial charge in [0.25, 0.3) is 0 Å². The minimum Gasteiger partial charge on any atom is -0.361 e. The quantitative estimate of drug-likeness (QED) is 0.729. The van der Waals surface area contributed by atoms with Crippen LogP contribution in [0.3, 0.4) is 0 Å². The Bertz CT molecular complexity index is 902. The Morgan fingerprint density at radius 2 is 1.92 bits per heavy atom. The van der Waals surface area contributed by atoms with Gasteiger partial charge in [-0.25, -0.2) is 9.97 Å². The van der Waals surface area contributed by atoms with Gasteiger partial charge >= 0.3 is 0 Å². The SMILES string of the molecule is CCc1nc(-c2c(C)noc2C)c(C)c(N2Cc3ccncc3C2)n1. The lowest BCUT2D eigenvalue weighted by molar-refractivity contribution is 0.393. The molecule has 0 aromatic carbocycles. The van der Waals surface area contributed by atoms with Crippen molar-refractivity contribution in [3.63, 3.8) is 0 Å². The van der Waals surface area contributed by atoms with E-state index < -0.39 is 0 Å². The van der Waals surface area contributed by atoms with Crippen LogP contribution in [-0.2, 0) is 19.5 Å². The monoisotopic (exact) mass is 335 g/mol. The van der Waals surface area contributed by atoms with Gasteiger partial charge in [0.1, 0.15) is 17.4 Å². The average Bonchev–Trinajstić information content (AvgIpc) is 3.18. The number of nitrogens with zero attached hydrogens (tertiary/aromatic N) is 5. The second kappa shape index (κ2) is 5.95. The highest BCUT2D eigenvalue weighted by Crippen LogP contribution is 2.35. The molecule has 1 aliphatic heterocycles. The van der Waals surface area contributed by atoms with Crippen LogP contribution in [0.15, 0.2) is 23.0 Å². The van der Waals surface area contributed by atoms with E-state index in [4.69, 9.17) is 14.5 Å². The minimum atomic E-state index is 0.784. The first-order valence-corrected chi connectivity index (χ1v) is 8.56. The lowest BCUT2D eigenvalue weighted by Gasteiger charge is -2.21. The molecule has 3 aromatic heterocycles. The van der Waals surface area contributed by atoms with Crippen LogP contribution in [0.25, 0.3) is 11.3 Å². The molecule has 0 fully saturated rings. The number of aryl methyl sites for hydroxylation is 3. The molecule has 1 aliphatic rings. The van der Waals surface area contributed by atoms with Crippen molar-refractivity contribution in [3.8, 4) is 11.3 Å². The zero-order valence-electron chi connectivity index (χ0n) is 15.0. The summed E-state index contributed by atoms with van der Waals surface area (Å²) in [5, 5.41) is 4.09. The maximum Gasteiger partial charge on any atom is 0.143 e. The van der Waals surface area contributed by atoms with Gasteiger partial charge in [-0.15, -0.1) is 0 Å². The average molecular weight is 335 g/mol. The van der Waals surface area contributed by atoms with E-state index in [1.165, 1.54) is 11.1 Å². The number of fused-ring (bicyclic) bond motifs is 1. The van der Waals surface area contributed by atoms with E-state index in [0.29, 0.717) is 0 Å². The summed E-state index contributed by atoms with van der Waals surface area (Å²) in [6, 6.07) is 2.09. The van der Waals surface area contributed by atoms with Gasteiger partial charge < -0.3 is 9.42 Å². The third kappa shape index (κ3) is 2.58. The highest BCUT2D eigenvalue weighted by molar-refractivity contribution is 5.72. The van der Waals surface area contributed by atoms with E-state index in [9.17, 15) is 0 Å². The molecule has 4 heterocycles. The summed E-state index contributed by atoms with van der Waals surface area (Å²) in [5.74, 6) is 2.61. The summed E-state index contributed by atoms with van der Waals surface area (Å²) in [6.45, 7) is 9.71. The molecular formula is C19H21N5O. The van der Waals surface area contributed by atoms with Crippen LogP contribution in [0.2, 0.25) is 0 Å². The van der Waals surface area contributed by atoms with E-state index in [0.717, 1.165) is 59.4 Å². The summed E-state index contributed by atoms with van der Waals surface area (Å²) >= 11 is 0. The molecule has 0 unspecified atom stereocenters. The van der Waals surface area contributed by atoms with Gasteiger partial charge in [0.15, 0.2) is 0 Å². The number of hydrogen-bond donors (Lipinski definition) is 0.